The van der Waals surface area contributed by atoms with E-state index < -0.39 is 0 Å². The summed E-state index contributed by atoms with van der Waals surface area (Å²) < 4.78 is 2.29. The van der Waals surface area contributed by atoms with Gasteiger partial charge in [-0.15, -0.1) is 0 Å². The third-order valence-corrected chi connectivity index (χ3v) is 6.13. The van der Waals surface area contributed by atoms with E-state index in [0.29, 0.717) is 6.54 Å². The highest BCUT2D eigenvalue weighted by atomic mass is 16.2. The summed E-state index contributed by atoms with van der Waals surface area (Å²) in [5.41, 5.74) is 5.69. The van der Waals surface area contributed by atoms with Crippen LogP contribution in [0.5, 0.6) is 0 Å². The number of para-hydroxylation sites is 1. The second-order valence-electron chi connectivity index (χ2n) is 8.28. The Labute approximate surface area is 189 Å². The van der Waals surface area contributed by atoms with Gasteiger partial charge in [0, 0.05) is 30.7 Å². The van der Waals surface area contributed by atoms with Gasteiger partial charge in [0.2, 0.25) is 5.91 Å². The lowest BCUT2D eigenvalue weighted by molar-refractivity contribution is -0.117. The maximum atomic E-state index is 13.2. The molecule has 3 aromatic carbocycles. The zero-order chi connectivity index (χ0) is 21.8. The number of fused-ring (bicyclic) bond motifs is 1. The summed E-state index contributed by atoms with van der Waals surface area (Å²) in [7, 11) is 0. The van der Waals surface area contributed by atoms with Crippen LogP contribution in [-0.4, -0.2) is 28.5 Å². The Bertz CT molecular complexity index is 1180. The molecule has 1 aromatic heterocycles. The number of nitrogens with one attached hydrogen (secondary N) is 1. The summed E-state index contributed by atoms with van der Waals surface area (Å²) in [5, 5.41) is 3.18. The summed E-state index contributed by atoms with van der Waals surface area (Å²) in [6, 6.07) is 33.2. The van der Waals surface area contributed by atoms with Crippen LogP contribution in [0.2, 0.25) is 0 Å². The molecule has 0 saturated heterocycles. The standard InChI is InChI=1S/C28H27N3O/c32-27(29-25-15-8-7-14-24(25)20-22-10-3-1-4-11-22)21-31-19-18-30-17-9-16-26(30)28(31)23-12-5-2-6-13-23/h1-17,28H,18-21H2,(H,29,32). The highest BCUT2D eigenvalue weighted by Crippen LogP contribution is 2.32. The average molecular weight is 422 g/mol. The Hall–Kier alpha value is -3.63. The Morgan fingerprint density at radius 3 is 2.34 bits per heavy atom. The monoisotopic (exact) mass is 421 g/mol. The number of anilines is 1. The van der Waals surface area contributed by atoms with Gasteiger partial charge in [0.25, 0.3) is 0 Å². The van der Waals surface area contributed by atoms with Crippen LogP contribution in [0.1, 0.15) is 28.4 Å². The number of rotatable bonds is 6. The second kappa shape index (κ2) is 9.25. The molecule has 32 heavy (non-hydrogen) atoms. The molecule has 1 atom stereocenters. The van der Waals surface area contributed by atoms with Crippen molar-refractivity contribution in [2.24, 2.45) is 0 Å². The van der Waals surface area contributed by atoms with Crippen molar-refractivity contribution in [3.8, 4) is 0 Å². The topological polar surface area (TPSA) is 37.3 Å². The van der Waals surface area contributed by atoms with E-state index >= 15 is 0 Å². The van der Waals surface area contributed by atoms with Gasteiger partial charge in [-0.3, -0.25) is 9.69 Å². The molecular weight excluding hydrogens is 394 g/mol. The number of nitrogens with zero attached hydrogens (tertiary/aromatic N) is 2. The molecule has 4 heteroatoms. The zero-order valence-corrected chi connectivity index (χ0v) is 18.0. The Morgan fingerprint density at radius 2 is 1.53 bits per heavy atom. The molecule has 0 saturated carbocycles. The second-order valence-corrected chi connectivity index (χ2v) is 8.28. The molecule has 0 bridgehead atoms. The first-order chi connectivity index (χ1) is 15.8. The third kappa shape index (κ3) is 4.36. The Balaban J connectivity index is 1.34. The average Bonchev–Trinajstić information content (AvgIpc) is 3.30. The number of hydrogen-bond donors (Lipinski definition) is 1. The van der Waals surface area contributed by atoms with Gasteiger partial charge >= 0.3 is 0 Å². The lowest BCUT2D eigenvalue weighted by Gasteiger charge is -2.37. The van der Waals surface area contributed by atoms with Gasteiger partial charge in [-0.05, 0) is 41.3 Å². The summed E-state index contributed by atoms with van der Waals surface area (Å²) in [6.07, 6.45) is 2.92. The van der Waals surface area contributed by atoms with Crippen LogP contribution in [0.3, 0.4) is 0 Å². The highest BCUT2D eigenvalue weighted by molar-refractivity contribution is 5.93. The van der Waals surface area contributed by atoms with E-state index in [2.05, 4.69) is 75.6 Å². The Morgan fingerprint density at radius 1 is 0.812 bits per heavy atom. The van der Waals surface area contributed by atoms with Crippen molar-refractivity contribution in [2.75, 3.05) is 18.4 Å². The molecule has 160 valence electrons. The Kier molecular flexibility index (Phi) is 5.86. The normalized spacial score (nSPS) is 15.8. The summed E-state index contributed by atoms with van der Waals surface area (Å²) in [6.45, 7) is 2.08. The minimum atomic E-state index is 0.0199. The predicted octanol–water partition coefficient (Wildman–Crippen LogP) is 5.12. The van der Waals surface area contributed by atoms with Crippen molar-refractivity contribution < 1.29 is 4.79 Å². The number of hydrogen-bond acceptors (Lipinski definition) is 2. The number of carbonyl (C=O) groups is 1. The van der Waals surface area contributed by atoms with Crippen LogP contribution >= 0.6 is 0 Å². The van der Waals surface area contributed by atoms with Gasteiger partial charge in [0.1, 0.15) is 0 Å². The van der Waals surface area contributed by atoms with Crippen molar-refractivity contribution >= 4 is 11.6 Å². The van der Waals surface area contributed by atoms with Crippen LogP contribution in [0.15, 0.2) is 103 Å². The van der Waals surface area contributed by atoms with Gasteiger partial charge in [-0.1, -0.05) is 78.9 Å². The first kappa shape index (κ1) is 20.3. The minimum absolute atomic E-state index is 0.0199. The van der Waals surface area contributed by atoms with Gasteiger partial charge in [0.05, 0.1) is 12.6 Å². The number of amides is 1. The van der Waals surface area contributed by atoms with Crippen molar-refractivity contribution in [3.63, 3.8) is 0 Å². The molecule has 4 nitrogen and oxygen atoms in total. The molecule has 0 fully saturated rings. The van der Waals surface area contributed by atoms with E-state index in [9.17, 15) is 4.79 Å². The van der Waals surface area contributed by atoms with E-state index in [1.54, 1.807) is 0 Å². The van der Waals surface area contributed by atoms with Crippen LogP contribution in [0, 0.1) is 0 Å². The first-order valence-electron chi connectivity index (χ1n) is 11.1. The molecule has 1 N–H and O–H groups in total. The molecule has 1 aliphatic rings. The maximum absolute atomic E-state index is 13.2. The lowest BCUT2D eigenvalue weighted by Crippen LogP contribution is -2.42. The number of carbonyl (C=O) groups excluding carboxylic acids is 1. The number of benzene rings is 3. The van der Waals surface area contributed by atoms with Crippen LogP contribution in [-0.2, 0) is 17.8 Å². The summed E-state index contributed by atoms with van der Waals surface area (Å²) >= 11 is 0. The highest BCUT2D eigenvalue weighted by Gasteiger charge is 2.30. The van der Waals surface area contributed by atoms with Crippen molar-refractivity contribution in [2.45, 2.75) is 19.0 Å². The van der Waals surface area contributed by atoms with Crippen molar-refractivity contribution in [1.29, 1.82) is 0 Å². The van der Waals surface area contributed by atoms with Gasteiger partial charge in [-0.25, -0.2) is 0 Å². The summed E-state index contributed by atoms with van der Waals surface area (Å²) in [5.74, 6) is 0.0199. The van der Waals surface area contributed by atoms with Crippen molar-refractivity contribution in [1.82, 2.24) is 9.47 Å². The predicted molar refractivity (Wildman–Crippen MR) is 129 cm³/mol. The fourth-order valence-corrected chi connectivity index (χ4v) is 4.61. The molecule has 4 aromatic rings. The quantitative estimate of drug-likeness (QED) is 0.469. The fraction of sp³-hybridized carbons (Fsp3) is 0.179. The van der Waals surface area contributed by atoms with Crippen LogP contribution < -0.4 is 5.32 Å². The first-order valence-corrected chi connectivity index (χ1v) is 11.1. The van der Waals surface area contributed by atoms with Crippen LogP contribution in [0.4, 0.5) is 5.69 Å². The molecule has 1 amide bonds. The third-order valence-electron chi connectivity index (χ3n) is 6.13. The molecule has 1 unspecified atom stereocenters. The van der Waals surface area contributed by atoms with E-state index in [1.165, 1.54) is 16.8 Å². The van der Waals surface area contributed by atoms with Crippen LogP contribution in [0.25, 0.3) is 0 Å². The molecule has 1 aliphatic heterocycles. The van der Waals surface area contributed by atoms with E-state index in [-0.39, 0.29) is 11.9 Å². The SMILES string of the molecule is O=C(CN1CCn2cccc2C1c1ccccc1)Nc1ccccc1Cc1ccccc1. The minimum Gasteiger partial charge on any atom is -0.348 e. The molecule has 0 radical (unpaired) electrons. The van der Waals surface area contributed by atoms with E-state index in [4.69, 9.17) is 0 Å². The van der Waals surface area contributed by atoms with Gasteiger partial charge < -0.3 is 9.88 Å². The number of aromatic nitrogens is 1. The van der Waals surface area contributed by atoms with E-state index in [1.807, 2.05) is 42.5 Å². The summed E-state index contributed by atoms with van der Waals surface area (Å²) in [4.78, 5) is 15.4. The molecule has 0 spiro atoms. The molecule has 5 rings (SSSR count). The molecule has 0 aliphatic carbocycles. The molecular formula is C28H27N3O. The van der Waals surface area contributed by atoms with Gasteiger partial charge in [0.15, 0.2) is 0 Å². The lowest BCUT2D eigenvalue weighted by atomic mass is 10.00. The maximum Gasteiger partial charge on any atom is 0.238 e. The zero-order valence-electron chi connectivity index (χ0n) is 18.0. The van der Waals surface area contributed by atoms with Crippen molar-refractivity contribution in [3.05, 3.63) is 126 Å². The van der Waals surface area contributed by atoms with E-state index in [0.717, 1.165) is 30.8 Å². The van der Waals surface area contributed by atoms with Gasteiger partial charge in [-0.2, -0.15) is 0 Å². The smallest absolute Gasteiger partial charge is 0.238 e. The largest absolute Gasteiger partial charge is 0.348 e. The molecule has 2 heterocycles. The fourth-order valence-electron chi connectivity index (χ4n) is 4.61.